The van der Waals surface area contributed by atoms with Gasteiger partial charge in [-0.15, -0.1) is 0 Å². The van der Waals surface area contributed by atoms with E-state index in [1.54, 1.807) is 6.20 Å². The maximum absolute atomic E-state index is 6.30. The Bertz CT molecular complexity index is 978. The molecule has 2 aromatic carbocycles. The van der Waals surface area contributed by atoms with Gasteiger partial charge in [-0.1, -0.05) is 35.9 Å². The van der Waals surface area contributed by atoms with Crippen molar-refractivity contribution >= 4 is 17.3 Å². The molecule has 6 heteroatoms. The number of nitrogens with zero attached hydrogens (tertiary/aromatic N) is 3. The van der Waals surface area contributed by atoms with E-state index in [0.29, 0.717) is 11.6 Å². The Labute approximate surface area is 189 Å². The van der Waals surface area contributed by atoms with Crippen LogP contribution < -0.4 is 9.64 Å². The van der Waals surface area contributed by atoms with Gasteiger partial charge >= 0.3 is 0 Å². The molecule has 1 aliphatic heterocycles. The third-order valence-corrected chi connectivity index (χ3v) is 5.60. The van der Waals surface area contributed by atoms with Gasteiger partial charge in [0.2, 0.25) is 0 Å². The van der Waals surface area contributed by atoms with Crippen LogP contribution >= 0.6 is 11.6 Å². The minimum Gasteiger partial charge on any atom is -0.489 e. The lowest BCUT2D eigenvalue weighted by Crippen LogP contribution is -2.37. The quantitative estimate of drug-likeness (QED) is 0.507. The van der Waals surface area contributed by atoms with Crippen molar-refractivity contribution in [3.8, 4) is 5.75 Å². The first kappa shape index (κ1) is 21.6. The highest BCUT2D eigenvalue weighted by Gasteiger charge is 2.16. The van der Waals surface area contributed by atoms with Crippen LogP contribution in [0.1, 0.15) is 16.7 Å². The van der Waals surface area contributed by atoms with Crippen LogP contribution in [0.3, 0.4) is 0 Å². The summed E-state index contributed by atoms with van der Waals surface area (Å²) in [6.45, 7) is 5.48. The van der Waals surface area contributed by atoms with Crippen molar-refractivity contribution < 1.29 is 9.47 Å². The molecule has 0 unspecified atom stereocenters. The number of para-hydroxylation sites is 1. The summed E-state index contributed by atoms with van der Waals surface area (Å²) in [6, 6.07) is 18.4. The first-order valence-corrected chi connectivity index (χ1v) is 11.0. The van der Waals surface area contributed by atoms with Gasteiger partial charge in [-0.2, -0.15) is 0 Å². The molecule has 0 radical (unpaired) electrons. The largest absolute Gasteiger partial charge is 0.489 e. The van der Waals surface area contributed by atoms with Gasteiger partial charge in [0, 0.05) is 60.4 Å². The van der Waals surface area contributed by atoms with Crippen LogP contribution in [0.2, 0.25) is 5.02 Å². The monoisotopic (exact) mass is 437 g/mol. The summed E-state index contributed by atoms with van der Waals surface area (Å²) in [5.41, 5.74) is 4.71. The molecule has 5 nitrogen and oxygen atoms in total. The normalized spacial score (nSPS) is 14.1. The Balaban J connectivity index is 1.45. The molecular formula is C25H28ClN3O2. The molecule has 0 bridgehead atoms. The maximum Gasteiger partial charge on any atom is 0.124 e. The van der Waals surface area contributed by atoms with E-state index in [0.717, 1.165) is 56.3 Å². The number of pyridine rings is 1. The molecule has 0 saturated carbocycles. The van der Waals surface area contributed by atoms with Crippen molar-refractivity contribution in [1.82, 2.24) is 9.88 Å². The first-order valence-electron chi connectivity index (χ1n) is 10.6. The van der Waals surface area contributed by atoms with Gasteiger partial charge < -0.3 is 14.4 Å². The van der Waals surface area contributed by atoms with Crippen LogP contribution in [0, 0.1) is 0 Å². The van der Waals surface area contributed by atoms with Crippen molar-refractivity contribution in [3.63, 3.8) is 0 Å². The smallest absolute Gasteiger partial charge is 0.124 e. The Morgan fingerprint density at radius 1 is 1.03 bits per heavy atom. The average molecular weight is 438 g/mol. The molecule has 3 aromatic rings. The SMILES string of the molecule is CN(Cc1cc(Cl)ccc1OCc1cccnc1)Cc1ccccc1N1CCOCC1. The van der Waals surface area contributed by atoms with Crippen LogP contribution in [0.25, 0.3) is 0 Å². The zero-order chi connectivity index (χ0) is 21.5. The number of morpholine rings is 1. The third kappa shape index (κ3) is 5.97. The number of benzene rings is 2. The summed E-state index contributed by atoms with van der Waals surface area (Å²) in [4.78, 5) is 8.86. The maximum atomic E-state index is 6.30. The fourth-order valence-electron chi connectivity index (χ4n) is 3.85. The van der Waals surface area contributed by atoms with Gasteiger partial charge in [0.15, 0.2) is 0 Å². The van der Waals surface area contributed by atoms with Crippen molar-refractivity contribution in [3.05, 3.63) is 88.7 Å². The standard InChI is InChI=1S/C25H28ClN3O2/c1-28(17-21-6-2-3-7-24(21)29-11-13-30-14-12-29)18-22-15-23(26)8-9-25(22)31-19-20-5-4-10-27-16-20/h2-10,15-16H,11-14,17-19H2,1H3. The van der Waals surface area contributed by atoms with Crippen LogP contribution in [0.5, 0.6) is 5.75 Å². The van der Waals surface area contributed by atoms with Gasteiger partial charge in [0.25, 0.3) is 0 Å². The molecule has 0 amide bonds. The molecule has 162 valence electrons. The molecule has 4 rings (SSSR count). The highest BCUT2D eigenvalue weighted by atomic mass is 35.5. The summed E-state index contributed by atoms with van der Waals surface area (Å²) in [5, 5.41) is 0.714. The summed E-state index contributed by atoms with van der Waals surface area (Å²) < 4.78 is 11.6. The zero-order valence-electron chi connectivity index (χ0n) is 17.8. The van der Waals surface area contributed by atoms with E-state index >= 15 is 0 Å². The lowest BCUT2D eigenvalue weighted by Gasteiger charge is -2.31. The first-order chi connectivity index (χ1) is 15.2. The average Bonchev–Trinajstić information content (AvgIpc) is 2.80. The van der Waals surface area contributed by atoms with E-state index in [2.05, 4.69) is 46.1 Å². The van der Waals surface area contributed by atoms with E-state index in [1.165, 1.54) is 11.3 Å². The fourth-order valence-corrected chi connectivity index (χ4v) is 4.05. The van der Waals surface area contributed by atoms with Crippen molar-refractivity contribution in [2.45, 2.75) is 19.7 Å². The Morgan fingerprint density at radius 3 is 2.65 bits per heavy atom. The number of hydrogen-bond acceptors (Lipinski definition) is 5. The molecule has 31 heavy (non-hydrogen) atoms. The Kier molecular flexibility index (Phi) is 7.41. The number of aromatic nitrogens is 1. The van der Waals surface area contributed by atoms with Crippen LogP contribution in [-0.2, 0) is 24.4 Å². The summed E-state index contributed by atoms with van der Waals surface area (Å²) in [7, 11) is 2.13. The zero-order valence-corrected chi connectivity index (χ0v) is 18.6. The summed E-state index contributed by atoms with van der Waals surface area (Å²) in [5.74, 6) is 0.849. The van der Waals surface area contributed by atoms with Gasteiger partial charge in [-0.25, -0.2) is 0 Å². The number of hydrogen-bond donors (Lipinski definition) is 0. The van der Waals surface area contributed by atoms with Crippen molar-refractivity contribution in [1.29, 1.82) is 0 Å². The highest BCUT2D eigenvalue weighted by Crippen LogP contribution is 2.27. The number of ether oxygens (including phenoxy) is 2. The lowest BCUT2D eigenvalue weighted by molar-refractivity contribution is 0.122. The van der Waals surface area contributed by atoms with Gasteiger partial charge in [0.05, 0.1) is 13.2 Å². The highest BCUT2D eigenvalue weighted by molar-refractivity contribution is 6.30. The molecule has 0 atom stereocenters. The molecule has 1 saturated heterocycles. The minimum absolute atomic E-state index is 0.478. The second kappa shape index (κ2) is 10.6. The Hall–Kier alpha value is -2.60. The van der Waals surface area contributed by atoms with E-state index in [1.807, 2.05) is 36.5 Å². The Morgan fingerprint density at radius 2 is 1.84 bits per heavy atom. The minimum atomic E-state index is 0.478. The third-order valence-electron chi connectivity index (χ3n) is 5.36. The van der Waals surface area contributed by atoms with Gasteiger partial charge in [-0.05, 0) is 42.9 Å². The molecule has 0 spiro atoms. The second-order valence-corrected chi connectivity index (χ2v) is 8.24. The number of anilines is 1. The van der Waals surface area contributed by atoms with Crippen molar-refractivity contribution in [2.24, 2.45) is 0 Å². The summed E-state index contributed by atoms with van der Waals surface area (Å²) in [6.07, 6.45) is 3.59. The van der Waals surface area contributed by atoms with Crippen LogP contribution in [0.4, 0.5) is 5.69 Å². The van der Waals surface area contributed by atoms with Gasteiger partial charge in [0.1, 0.15) is 12.4 Å². The lowest BCUT2D eigenvalue weighted by atomic mass is 10.1. The molecule has 1 aromatic heterocycles. The van der Waals surface area contributed by atoms with Gasteiger partial charge in [-0.3, -0.25) is 9.88 Å². The number of halogens is 1. The van der Waals surface area contributed by atoms with E-state index in [9.17, 15) is 0 Å². The molecule has 0 N–H and O–H groups in total. The predicted octanol–water partition coefficient (Wildman–Crippen LogP) is 4.78. The fraction of sp³-hybridized carbons (Fsp3) is 0.320. The van der Waals surface area contributed by atoms with Crippen LogP contribution in [0.15, 0.2) is 67.0 Å². The molecule has 1 fully saturated rings. The molecular weight excluding hydrogens is 410 g/mol. The van der Waals surface area contributed by atoms with Crippen molar-refractivity contribution in [2.75, 3.05) is 38.3 Å². The molecule has 2 heterocycles. The predicted molar refractivity (Wildman–Crippen MR) is 125 cm³/mol. The molecule has 0 aliphatic carbocycles. The number of rotatable bonds is 8. The van der Waals surface area contributed by atoms with Crippen LogP contribution in [-0.4, -0.2) is 43.2 Å². The summed E-state index contributed by atoms with van der Waals surface area (Å²) >= 11 is 6.30. The van der Waals surface area contributed by atoms with E-state index < -0.39 is 0 Å². The molecule has 1 aliphatic rings. The second-order valence-electron chi connectivity index (χ2n) is 7.80. The van der Waals surface area contributed by atoms with E-state index in [4.69, 9.17) is 21.1 Å². The van der Waals surface area contributed by atoms with E-state index in [-0.39, 0.29) is 0 Å². The topological polar surface area (TPSA) is 37.8 Å².